The minimum absolute atomic E-state index is 0. The Morgan fingerprint density at radius 1 is 0.722 bits per heavy atom. The quantitative estimate of drug-likeness (QED) is 0.540. The Morgan fingerprint density at radius 2 is 1.06 bits per heavy atom. The zero-order chi connectivity index (χ0) is 13.3. The molecule has 0 N–H and O–H groups in total. The van der Waals surface area contributed by atoms with E-state index in [1.54, 1.807) is 0 Å². The molecule has 2 heteroatoms. The van der Waals surface area contributed by atoms with Crippen LogP contribution in [0.4, 0.5) is 0 Å². The first-order chi connectivity index (χ1) is 8.08. The summed E-state index contributed by atoms with van der Waals surface area (Å²) in [6.07, 6.45) is 8.07. The molecule has 0 radical (unpaired) electrons. The van der Waals surface area contributed by atoms with Crippen LogP contribution < -0.4 is 17.0 Å². The topological polar surface area (TPSA) is 0 Å². The largest absolute Gasteiger partial charge is 1.00 e. The Labute approximate surface area is 127 Å². The van der Waals surface area contributed by atoms with Gasteiger partial charge in [0.05, 0.1) is 25.2 Å². The first-order valence-electron chi connectivity index (χ1n) is 7.95. The summed E-state index contributed by atoms with van der Waals surface area (Å²) in [6.45, 7) is 17.1. The second-order valence-electron chi connectivity index (χ2n) is 5.77. The van der Waals surface area contributed by atoms with Crippen molar-refractivity contribution < 1.29 is 21.5 Å². The summed E-state index contributed by atoms with van der Waals surface area (Å²) in [5, 5.41) is 0. The van der Waals surface area contributed by atoms with Gasteiger partial charge in [0, 0.05) is 0 Å². The average Bonchev–Trinajstić information content (AvgIpc) is 2.37. The number of halogens is 1. The van der Waals surface area contributed by atoms with Gasteiger partial charge in [-0.3, -0.25) is 0 Å². The van der Waals surface area contributed by atoms with E-state index in [9.17, 15) is 0 Å². The van der Waals surface area contributed by atoms with Crippen LogP contribution in [0, 0.1) is 0 Å². The highest BCUT2D eigenvalue weighted by Crippen LogP contribution is 2.26. The summed E-state index contributed by atoms with van der Waals surface area (Å²) in [5.74, 6) is 0. The summed E-state index contributed by atoms with van der Waals surface area (Å²) in [4.78, 5) is 0. The molecule has 0 aromatic heterocycles. The fourth-order valence-corrected chi connectivity index (χ4v) is 3.06. The lowest BCUT2D eigenvalue weighted by atomic mass is 10.0. The average molecular weight is 322 g/mol. The van der Waals surface area contributed by atoms with E-state index in [4.69, 9.17) is 0 Å². The summed E-state index contributed by atoms with van der Waals surface area (Å²) < 4.78 is 1.37. The molecule has 112 valence electrons. The number of quaternary nitrogens is 1. The molecule has 0 saturated heterocycles. The second kappa shape index (κ2) is 11.3. The molecule has 0 aromatic rings. The van der Waals surface area contributed by atoms with Crippen molar-refractivity contribution in [1.82, 2.24) is 0 Å². The summed E-state index contributed by atoms with van der Waals surface area (Å²) in [6, 6.07) is 1.64. The SMILES string of the molecule is CCCC[N+](CCCC)(C(C)CC)C(C)CC.[Br-]. The summed E-state index contributed by atoms with van der Waals surface area (Å²) in [7, 11) is 0. The van der Waals surface area contributed by atoms with E-state index < -0.39 is 0 Å². The summed E-state index contributed by atoms with van der Waals surface area (Å²) >= 11 is 0. The van der Waals surface area contributed by atoms with Gasteiger partial charge in [0.2, 0.25) is 0 Å². The van der Waals surface area contributed by atoms with Crippen molar-refractivity contribution >= 4 is 0 Å². The van der Waals surface area contributed by atoms with Crippen LogP contribution in [-0.2, 0) is 0 Å². The van der Waals surface area contributed by atoms with Crippen molar-refractivity contribution in [2.24, 2.45) is 0 Å². The molecule has 1 nitrogen and oxygen atoms in total. The van der Waals surface area contributed by atoms with Gasteiger partial charge < -0.3 is 21.5 Å². The molecule has 0 aliphatic carbocycles. The number of hydrogen-bond donors (Lipinski definition) is 0. The first kappa shape index (κ1) is 20.8. The van der Waals surface area contributed by atoms with Gasteiger partial charge in [-0.05, 0) is 39.5 Å². The molecule has 0 rings (SSSR count). The standard InChI is InChI=1S/C16H36N.BrH/c1-7-11-13-17(14-12-8-2,15(5)9-3)16(6)10-4;/h15-16H,7-14H2,1-6H3;1H/q+1;/p-1. The van der Waals surface area contributed by atoms with Crippen molar-refractivity contribution in [2.45, 2.75) is 92.2 Å². The Hall–Kier alpha value is 0.440. The molecule has 2 unspecified atom stereocenters. The number of nitrogens with zero attached hydrogens (tertiary/aromatic N) is 1. The lowest BCUT2D eigenvalue weighted by Crippen LogP contribution is -3.00. The Balaban J connectivity index is 0. The minimum Gasteiger partial charge on any atom is -1.00 e. The molecule has 0 aliphatic heterocycles. The van der Waals surface area contributed by atoms with Crippen LogP contribution in [0.15, 0.2) is 0 Å². The van der Waals surface area contributed by atoms with Crippen molar-refractivity contribution in [2.75, 3.05) is 13.1 Å². The van der Waals surface area contributed by atoms with E-state index in [2.05, 4.69) is 41.5 Å². The van der Waals surface area contributed by atoms with Gasteiger partial charge in [0.1, 0.15) is 0 Å². The molecular weight excluding hydrogens is 286 g/mol. The number of rotatable bonds is 10. The van der Waals surface area contributed by atoms with E-state index in [1.165, 1.54) is 56.1 Å². The van der Waals surface area contributed by atoms with Crippen LogP contribution in [-0.4, -0.2) is 29.7 Å². The highest BCUT2D eigenvalue weighted by atomic mass is 79.9. The number of hydrogen-bond acceptors (Lipinski definition) is 0. The van der Waals surface area contributed by atoms with Gasteiger partial charge in [0.15, 0.2) is 0 Å². The zero-order valence-corrected chi connectivity index (χ0v) is 15.2. The van der Waals surface area contributed by atoms with Crippen LogP contribution >= 0.6 is 0 Å². The molecular formula is C16H36BrN. The third-order valence-electron chi connectivity index (χ3n) is 4.79. The van der Waals surface area contributed by atoms with Crippen molar-refractivity contribution in [3.05, 3.63) is 0 Å². The Kier molecular flexibility index (Phi) is 13.0. The minimum atomic E-state index is 0. The van der Waals surface area contributed by atoms with Gasteiger partial charge >= 0.3 is 0 Å². The second-order valence-corrected chi connectivity index (χ2v) is 5.77. The Morgan fingerprint density at radius 3 is 1.28 bits per heavy atom. The molecule has 0 fully saturated rings. The maximum Gasteiger partial charge on any atom is 0.0861 e. The zero-order valence-electron chi connectivity index (χ0n) is 13.6. The van der Waals surface area contributed by atoms with Gasteiger partial charge in [-0.15, -0.1) is 0 Å². The highest BCUT2D eigenvalue weighted by Gasteiger charge is 2.36. The molecule has 2 atom stereocenters. The van der Waals surface area contributed by atoms with Gasteiger partial charge in [-0.1, -0.05) is 40.5 Å². The maximum atomic E-state index is 2.47. The van der Waals surface area contributed by atoms with Crippen molar-refractivity contribution in [3.63, 3.8) is 0 Å². The lowest BCUT2D eigenvalue weighted by Gasteiger charge is -2.48. The first-order valence-corrected chi connectivity index (χ1v) is 7.95. The number of unbranched alkanes of at least 4 members (excludes halogenated alkanes) is 2. The predicted octanol–water partition coefficient (Wildman–Crippen LogP) is 2.00. The molecule has 0 spiro atoms. The van der Waals surface area contributed by atoms with Crippen LogP contribution in [0.1, 0.15) is 80.1 Å². The molecule has 18 heavy (non-hydrogen) atoms. The third kappa shape index (κ3) is 5.61. The molecule has 0 heterocycles. The lowest BCUT2D eigenvalue weighted by molar-refractivity contribution is -0.970. The van der Waals surface area contributed by atoms with Gasteiger partial charge in [-0.2, -0.15) is 0 Å². The predicted molar refractivity (Wildman–Crippen MR) is 79.3 cm³/mol. The van der Waals surface area contributed by atoms with E-state index in [0.717, 1.165) is 12.1 Å². The molecule has 0 saturated carbocycles. The molecule has 0 aliphatic rings. The highest BCUT2D eigenvalue weighted by molar-refractivity contribution is 4.60. The van der Waals surface area contributed by atoms with Crippen LogP contribution in [0.5, 0.6) is 0 Å². The Bertz CT molecular complexity index is 162. The monoisotopic (exact) mass is 321 g/mol. The van der Waals surface area contributed by atoms with E-state index in [0.29, 0.717) is 0 Å². The fourth-order valence-electron chi connectivity index (χ4n) is 3.06. The van der Waals surface area contributed by atoms with E-state index >= 15 is 0 Å². The van der Waals surface area contributed by atoms with E-state index in [-0.39, 0.29) is 17.0 Å². The third-order valence-corrected chi connectivity index (χ3v) is 4.79. The van der Waals surface area contributed by atoms with Gasteiger partial charge in [-0.25, -0.2) is 0 Å². The molecule has 0 amide bonds. The fraction of sp³-hybridized carbons (Fsp3) is 1.00. The van der Waals surface area contributed by atoms with Crippen LogP contribution in [0.2, 0.25) is 0 Å². The van der Waals surface area contributed by atoms with Crippen LogP contribution in [0.3, 0.4) is 0 Å². The smallest absolute Gasteiger partial charge is 0.0861 e. The van der Waals surface area contributed by atoms with Gasteiger partial charge in [0.25, 0.3) is 0 Å². The normalized spacial score (nSPS) is 15.0. The van der Waals surface area contributed by atoms with Crippen molar-refractivity contribution in [1.29, 1.82) is 0 Å². The molecule has 0 bridgehead atoms. The van der Waals surface area contributed by atoms with E-state index in [1.807, 2.05) is 0 Å². The summed E-state index contributed by atoms with van der Waals surface area (Å²) in [5.41, 5.74) is 0. The van der Waals surface area contributed by atoms with Crippen molar-refractivity contribution in [3.8, 4) is 0 Å². The maximum absolute atomic E-state index is 2.47. The van der Waals surface area contributed by atoms with Crippen LogP contribution in [0.25, 0.3) is 0 Å². The molecule has 0 aromatic carbocycles.